The van der Waals surface area contributed by atoms with Crippen LogP contribution in [0.2, 0.25) is 5.02 Å². The number of benzene rings is 3. The molecule has 57 heavy (non-hydrogen) atoms. The van der Waals surface area contributed by atoms with E-state index in [1.165, 1.54) is 12.1 Å². The average molecular weight is 802 g/mol. The molecule has 2 saturated heterocycles. The fraction of sp³-hybridized carbons (Fsp3) is 0.405. The van der Waals surface area contributed by atoms with Gasteiger partial charge in [0.2, 0.25) is 11.8 Å². The number of ether oxygens (including phenoxy) is 3. The van der Waals surface area contributed by atoms with Crippen molar-refractivity contribution in [3.8, 4) is 11.5 Å². The predicted octanol–water partition coefficient (Wildman–Crippen LogP) is 4.35. The highest BCUT2D eigenvalue weighted by atomic mass is 35.5. The molecule has 2 amide bonds. The molecule has 2 heterocycles. The number of nitrogens with zero attached hydrogens (tertiary/aromatic N) is 1. The molecule has 2 aliphatic heterocycles. The van der Waals surface area contributed by atoms with Crippen LogP contribution < -0.4 is 26.0 Å². The number of halogens is 1. The summed E-state index contributed by atoms with van der Waals surface area (Å²) >= 11 is 6.54. The van der Waals surface area contributed by atoms with Crippen molar-refractivity contribution in [2.75, 3.05) is 82.9 Å². The third-order valence-electron chi connectivity index (χ3n) is 10.1. The number of fused-ring (bicyclic) bond motifs is 1. The maximum atomic E-state index is 13.3. The number of aromatic hydroxyl groups is 1. The Morgan fingerprint density at radius 3 is 2.44 bits per heavy atom. The van der Waals surface area contributed by atoms with Crippen molar-refractivity contribution < 1.29 is 43.3 Å². The molecule has 6 rings (SSSR count). The molecule has 2 fully saturated rings. The van der Waals surface area contributed by atoms with Crippen LogP contribution in [0.5, 0.6) is 11.5 Å². The summed E-state index contributed by atoms with van der Waals surface area (Å²) in [5.41, 5.74) is 3.54. The molecule has 0 aromatic heterocycles. The first-order valence-corrected chi connectivity index (χ1v) is 19.6. The maximum Gasteiger partial charge on any atom is 0.230 e. The minimum absolute atomic E-state index is 0.0961. The lowest BCUT2D eigenvalue weighted by molar-refractivity contribution is -0.137. The van der Waals surface area contributed by atoms with E-state index in [4.69, 9.17) is 25.8 Å². The number of piperidine rings is 1. The standard InChI is InChI=1S/C42H48ClN5O9/c1-2-57-36-24-35(50)31(22-27(36)25-48-16-12-44-13-17-48)34(49)10-7-26-6-8-28(23-32(26)43)45-14-18-55-20-21-56-19-15-46-33-5-3-4-29-38(33)41(53)39(40(29)52)30-9-11-37(51)47-42(30)54/h3-8,10,22-24,30,39,44-46,50H,2,9,11-21,25H2,1H3,(H,47,51,54)/b10-7+. The van der Waals surface area contributed by atoms with E-state index in [0.29, 0.717) is 74.7 Å². The molecule has 0 saturated carbocycles. The third kappa shape index (κ3) is 10.4. The number of allylic oxidation sites excluding steroid dienone is 1. The van der Waals surface area contributed by atoms with Crippen LogP contribution in [0, 0.1) is 11.8 Å². The van der Waals surface area contributed by atoms with Gasteiger partial charge in [0, 0.05) is 85.8 Å². The number of ketones is 3. The Labute approximate surface area is 336 Å². The molecule has 0 spiro atoms. The highest BCUT2D eigenvalue weighted by Gasteiger charge is 2.48. The maximum absolute atomic E-state index is 13.3. The zero-order chi connectivity index (χ0) is 40.3. The van der Waals surface area contributed by atoms with Crippen molar-refractivity contribution >= 4 is 58.2 Å². The van der Waals surface area contributed by atoms with Gasteiger partial charge in [-0.25, -0.2) is 0 Å². The van der Waals surface area contributed by atoms with E-state index in [1.54, 1.807) is 42.5 Å². The summed E-state index contributed by atoms with van der Waals surface area (Å²) in [6.45, 7) is 8.86. The number of hydrogen-bond donors (Lipinski definition) is 5. The lowest BCUT2D eigenvalue weighted by Gasteiger charge is -2.28. The van der Waals surface area contributed by atoms with Gasteiger partial charge in [-0.2, -0.15) is 0 Å². The van der Waals surface area contributed by atoms with Crippen LogP contribution in [0.4, 0.5) is 11.4 Å². The number of phenols is 1. The zero-order valence-electron chi connectivity index (χ0n) is 31.9. The minimum Gasteiger partial charge on any atom is -0.507 e. The number of carbonyl (C=O) groups is 5. The van der Waals surface area contributed by atoms with Gasteiger partial charge in [-0.15, -0.1) is 0 Å². The van der Waals surface area contributed by atoms with Gasteiger partial charge in [-0.05, 0) is 55.3 Å². The van der Waals surface area contributed by atoms with Gasteiger partial charge >= 0.3 is 0 Å². The summed E-state index contributed by atoms with van der Waals surface area (Å²) in [5, 5.41) is 23.1. The average Bonchev–Trinajstić information content (AvgIpc) is 3.45. The van der Waals surface area contributed by atoms with Gasteiger partial charge in [0.25, 0.3) is 0 Å². The van der Waals surface area contributed by atoms with Gasteiger partial charge in [0.05, 0.1) is 56.0 Å². The van der Waals surface area contributed by atoms with Crippen molar-refractivity contribution in [3.63, 3.8) is 0 Å². The van der Waals surface area contributed by atoms with Crippen LogP contribution >= 0.6 is 11.6 Å². The summed E-state index contributed by atoms with van der Waals surface area (Å²) in [6.07, 6.45) is 3.30. The SMILES string of the molecule is CCOc1cc(O)c(C(=O)/C=C/c2ccc(NCCOCCOCCNc3cccc4c3C(=O)C(C3CCC(=O)NC3=O)C4=O)cc2Cl)cc1CN1CCNCC1. The summed E-state index contributed by atoms with van der Waals surface area (Å²) in [7, 11) is 0. The molecule has 2 atom stereocenters. The van der Waals surface area contributed by atoms with E-state index in [0.717, 1.165) is 37.4 Å². The number of Topliss-reactive ketones (excluding diaryl/α,β-unsaturated/α-hetero) is 2. The molecule has 302 valence electrons. The predicted molar refractivity (Wildman–Crippen MR) is 215 cm³/mol. The molecular weight excluding hydrogens is 754 g/mol. The highest BCUT2D eigenvalue weighted by molar-refractivity contribution is 6.32. The molecule has 14 nitrogen and oxygen atoms in total. The van der Waals surface area contributed by atoms with Gasteiger partial charge < -0.3 is 35.3 Å². The van der Waals surface area contributed by atoms with Gasteiger partial charge in [0.15, 0.2) is 17.3 Å². The third-order valence-corrected chi connectivity index (χ3v) is 10.4. The van der Waals surface area contributed by atoms with Crippen LogP contribution in [0.25, 0.3) is 6.08 Å². The first kappa shape index (κ1) is 41.5. The molecule has 2 unspecified atom stereocenters. The van der Waals surface area contributed by atoms with Crippen LogP contribution in [0.1, 0.15) is 62.0 Å². The number of nitrogens with one attached hydrogen (secondary N) is 4. The molecule has 0 radical (unpaired) electrons. The first-order valence-electron chi connectivity index (χ1n) is 19.3. The number of anilines is 2. The Hall–Kier alpha value is -5.12. The smallest absolute Gasteiger partial charge is 0.230 e. The highest BCUT2D eigenvalue weighted by Crippen LogP contribution is 2.38. The molecule has 3 aromatic rings. The van der Waals surface area contributed by atoms with E-state index in [9.17, 15) is 29.1 Å². The zero-order valence-corrected chi connectivity index (χ0v) is 32.6. The van der Waals surface area contributed by atoms with Gasteiger partial charge in [-0.3, -0.25) is 34.2 Å². The Kier molecular flexibility index (Phi) is 14.4. The molecule has 15 heteroatoms. The molecular formula is C42H48ClN5O9. The lowest BCUT2D eigenvalue weighted by atomic mass is 9.82. The number of amides is 2. The quantitative estimate of drug-likeness (QED) is 0.0380. The van der Waals surface area contributed by atoms with E-state index in [-0.39, 0.29) is 41.1 Å². The molecule has 3 aliphatic rings. The Balaban J connectivity index is 0.891. The van der Waals surface area contributed by atoms with Crippen LogP contribution in [-0.4, -0.2) is 111 Å². The summed E-state index contributed by atoms with van der Waals surface area (Å²) in [4.78, 5) is 65.8. The summed E-state index contributed by atoms with van der Waals surface area (Å²) in [6, 6.07) is 13.6. The minimum atomic E-state index is -1.12. The molecule has 0 bridgehead atoms. The number of hydrogen-bond acceptors (Lipinski definition) is 13. The largest absolute Gasteiger partial charge is 0.507 e. The number of phenolic OH excluding ortho intramolecular Hbond substituents is 1. The fourth-order valence-corrected chi connectivity index (χ4v) is 7.46. The Morgan fingerprint density at radius 2 is 1.72 bits per heavy atom. The normalized spacial score (nSPS) is 18.5. The van der Waals surface area contributed by atoms with Crippen molar-refractivity contribution in [3.05, 3.63) is 87.4 Å². The molecule has 1 aliphatic carbocycles. The Morgan fingerprint density at radius 1 is 0.965 bits per heavy atom. The monoisotopic (exact) mass is 801 g/mol. The van der Waals surface area contributed by atoms with Crippen molar-refractivity contribution in [1.29, 1.82) is 0 Å². The summed E-state index contributed by atoms with van der Waals surface area (Å²) < 4.78 is 17.1. The second kappa shape index (κ2) is 19.8. The van der Waals surface area contributed by atoms with E-state index in [1.807, 2.05) is 13.0 Å². The van der Waals surface area contributed by atoms with Crippen molar-refractivity contribution in [1.82, 2.24) is 15.5 Å². The molecule has 5 N–H and O–H groups in total. The van der Waals surface area contributed by atoms with Crippen LogP contribution in [0.3, 0.4) is 0 Å². The second-order valence-electron chi connectivity index (χ2n) is 13.9. The number of carbonyl (C=O) groups excluding carboxylic acids is 5. The lowest BCUT2D eigenvalue weighted by Crippen LogP contribution is -2.46. The first-order chi connectivity index (χ1) is 27.6. The van der Waals surface area contributed by atoms with Gasteiger partial charge in [-0.1, -0.05) is 29.8 Å². The topological polar surface area (TPSA) is 185 Å². The van der Waals surface area contributed by atoms with E-state index < -0.39 is 35.2 Å². The van der Waals surface area contributed by atoms with Crippen LogP contribution in [-0.2, 0) is 25.6 Å². The van der Waals surface area contributed by atoms with E-state index >= 15 is 0 Å². The fourth-order valence-electron chi connectivity index (χ4n) is 7.22. The second-order valence-corrected chi connectivity index (χ2v) is 14.3. The number of rotatable bonds is 19. The van der Waals surface area contributed by atoms with Crippen molar-refractivity contribution in [2.45, 2.75) is 26.3 Å². The van der Waals surface area contributed by atoms with Crippen molar-refractivity contribution in [2.24, 2.45) is 11.8 Å². The van der Waals surface area contributed by atoms with E-state index in [2.05, 4.69) is 26.2 Å². The Bertz CT molecular complexity index is 2020. The van der Waals surface area contributed by atoms with Gasteiger partial charge in [0.1, 0.15) is 11.5 Å². The van der Waals surface area contributed by atoms with Crippen LogP contribution in [0.15, 0.2) is 54.6 Å². The number of piperazine rings is 1. The molecule has 3 aromatic carbocycles. The number of imide groups is 1. The summed E-state index contributed by atoms with van der Waals surface area (Å²) in [5.74, 6) is -3.67.